The summed E-state index contributed by atoms with van der Waals surface area (Å²) in [7, 11) is 0. The van der Waals surface area contributed by atoms with Crippen molar-refractivity contribution in [2.45, 2.75) is 38.9 Å². The fraction of sp³-hybridized carbons (Fsp3) is 0.727. The highest BCUT2D eigenvalue weighted by Crippen LogP contribution is 2.24. The molecule has 1 aliphatic heterocycles. The third-order valence-electron chi connectivity index (χ3n) is 3.58. The van der Waals surface area contributed by atoms with Crippen molar-refractivity contribution >= 4 is 11.3 Å². The molecule has 0 spiro atoms. The number of nitrogens with zero attached hydrogens (tertiary/aromatic N) is 2. The van der Waals surface area contributed by atoms with Crippen molar-refractivity contribution in [1.82, 2.24) is 9.88 Å². The maximum absolute atomic E-state index is 6.06. The zero-order valence-electron chi connectivity index (χ0n) is 9.39. The van der Waals surface area contributed by atoms with Crippen molar-refractivity contribution in [1.29, 1.82) is 0 Å². The molecule has 1 aromatic heterocycles. The summed E-state index contributed by atoms with van der Waals surface area (Å²) in [5.74, 6) is 0.582. The van der Waals surface area contributed by atoms with Crippen LogP contribution in [0.5, 0.6) is 0 Å². The van der Waals surface area contributed by atoms with Crippen LogP contribution < -0.4 is 5.73 Å². The Kier molecular flexibility index (Phi) is 3.38. The van der Waals surface area contributed by atoms with Crippen molar-refractivity contribution < 1.29 is 0 Å². The maximum Gasteiger partial charge on any atom is 0.107 e. The van der Waals surface area contributed by atoms with Crippen molar-refractivity contribution in [3.63, 3.8) is 0 Å². The minimum atomic E-state index is 0.368. The van der Waals surface area contributed by atoms with E-state index in [1.807, 2.05) is 11.6 Å². The Morgan fingerprint density at radius 1 is 1.60 bits per heavy atom. The van der Waals surface area contributed by atoms with Crippen molar-refractivity contribution in [2.24, 2.45) is 11.7 Å². The molecule has 0 saturated carbocycles. The molecule has 3 nitrogen and oxygen atoms in total. The summed E-state index contributed by atoms with van der Waals surface area (Å²) >= 11 is 1.74. The van der Waals surface area contributed by atoms with Crippen LogP contribution in [-0.4, -0.2) is 28.5 Å². The Hall–Kier alpha value is -0.450. The van der Waals surface area contributed by atoms with Crippen molar-refractivity contribution in [3.8, 4) is 0 Å². The zero-order chi connectivity index (χ0) is 10.8. The lowest BCUT2D eigenvalue weighted by molar-refractivity contribution is 0.0909. The van der Waals surface area contributed by atoms with Gasteiger partial charge in [-0.05, 0) is 19.3 Å². The predicted octanol–water partition coefficient (Wildman–Crippen LogP) is 1.70. The van der Waals surface area contributed by atoms with Gasteiger partial charge in [-0.2, -0.15) is 0 Å². The number of hydrogen-bond donors (Lipinski definition) is 1. The molecule has 1 fully saturated rings. The first kappa shape index (κ1) is 11.0. The fourth-order valence-electron chi connectivity index (χ4n) is 2.20. The van der Waals surface area contributed by atoms with E-state index in [2.05, 4.69) is 23.7 Å². The summed E-state index contributed by atoms with van der Waals surface area (Å²) in [5.41, 5.74) is 6.06. The predicted molar refractivity (Wildman–Crippen MR) is 63.7 cm³/mol. The summed E-state index contributed by atoms with van der Waals surface area (Å²) in [6.07, 6.45) is 2.99. The van der Waals surface area contributed by atoms with E-state index in [1.165, 1.54) is 5.01 Å². The molecule has 4 heteroatoms. The van der Waals surface area contributed by atoms with Gasteiger partial charge in [-0.15, -0.1) is 11.3 Å². The van der Waals surface area contributed by atoms with Crippen LogP contribution in [0.25, 0.3) is 0 Å². The third-order valence-corrected chi connectivity index (χ3v) is 4.35. The highest BCUT2D eigenvalue weighted by atomic mass is 32.1. The van der Waals surface area contributed by atoms with Crippen molar-refractivity contribution in [3.05, 3.63) is 16.6 Å². The van der Waals surface area contributed by atoms with Gasteiger partial charge >= 0.3 is 0 Å². The van der Waals surface area contributed by atoms with E-state index >= 15 is 0 Å². The van der Waals surface area contributed by atoms with Crippen LogP contribution in [-0.2, 0) is 6.54 Å². The van der Waals surface area contributed by atoms with Gasteiger partial charge in [-0.1, -0.05) is 6.92 Å². The number of aromatic nitrogens is 1. The van der Waals surface area contributed by atoms with Gasteiger partial charge in [-0.25, -0.2) is 4.98 Å². The zero-order valence-corrected chi connectivity index (χ0v) is 10.2. The van der Waals surface area contributed by atoms with Gasteiger partial charge in [0.25, 0.3) is 0 Å². The Labute approximate surface area is 95.3 Å². The summed E-state index contributed by atoms with van der Waals surface area (Å²) in [4.78, 5) is 6.83. The molecule has 1 saturated heterocycles. The smallest absolute Gasteiger partial charge is 0.107 e. The van der Waals surface area contributed by atoms with Crippen LogP contribution in [0.4, 0.5) is 0 Å². The first-order chi connectivity index (χ1) is 7.18. The summed E-state index contributed by atoms with van der Waals surface area (Å²) in [5, 5.41) is 3.25. The van der Waals surface area contributed by atoms with E-state index in [-0.39, 0.29) is 0 Å². The molecule has 0 bridgehead atoms. The van der Waals surface area contributed by atoms with E-state index in [0.29, 0.717) is 18.0 Å². The summed E-state index contributed by atoms with van der Waals surface area (Å²) < 4.78 is 0. The molecule has 2 N–H and O–H groups in total. The lowest BCUT2D eigenvalue weighted by atomic mass is 9.88. The van der Waals surface area contributed by atoms with Crippen LogP contribution in [0, 0.1) is 5.92 Å². The third kappa shape index (κ3) is 2.38. The Morgan fingerprint density at radius 3 is 3.07 bits per heavy atom. The minimum absolute atomic E-state index is 0.368. The molecule has 84 valence electrons. The van der Waals surface area contributed by atoms with Gasteiger partial charge in [0, 0.05) is 30.2 Å². The first-order valence-electron chi connectivity index (χ1n) is 5.56. The fourth-order valence-corrected chi connectivity index (χ4v) is 2.84. The van der Waals surface area contributed by atoms with Gasteiger partial charge in [0.1, 0.15) is 5.01 Å². The highest BCUT2D eigenvalue weighted by molar-refractivity contribution is 7.09. The molecule has 3 unspecified atom stereocenters. The normalized spacial score (nSPS) is 33.1. The minimum Gasteiger partial charge on any atom is -0.327 e. The van der Waals surface area contributed by atoms with Crippen LogP contribution in [0.1, 0.15) is 25.3 Å². The second kappa shape index (κ2) is 4.60. The average molecular weight is 225 g/mol. The molecular weight excluding hydrogens is 206 g/mol. The number of rotatable bonds is 2. The molecule has 1 aromatic rings. The van der Waals surface area contributed by atoms with Crippen LogP contribution in [0.3, 0.4) is 0 Å². The van der Waals surface area contributed by atoms with E-state index in [9.17, 15) is 0 Å². The topological polar surface area (TPSA) is 42.1 Å². The van der Waals surface area contributed by atoms with Crippen LogP contribution in [0.2, 0.25) is 0 Å². The highest BCUT2D eigenvalue weighted by Gasteiger charge is 2.30. The summed E-state index contributed by atoms with van der Waals surface area (Å²) in [6.45, 7) is 6.61. The van der Waals surface area contributed by atoms with Gasteiger partial charge in [0.15, 0.2) is 0 Å². The van der Waals surface area contributed by atoms with Gasteiger partial charge in [-0.3, -0.25) is 4.90 Å². The molecule has 2 rings (SSSR count). The van der Waals surface area contributed by atoms with E-state index in [0.717, 1.165) is 19.5 Å². The number of likely N-dealkylation sites (tertiary alicyclic amines) is 1. The second-order valence-corrected chi connectivity index (χ2v) is 5.43. The molecule has 15 heavy (non-hydrogen) atoms. The number of thiazole rings is 1. The SMILES string of the molecule is CC1C(N)CCN(Cc2nccs2)C1C. The lowest BCUT2D eigenvalue weighted by Gasteiger charge is -2.40. The van der Waals surface area contributed by atoms with E-state index < -0.39 is 0 Å². The first-order valence-corrected chi connectivity index (χ1v) is 6.44. The molecule has 0 amide bonds. The van der Waals surface area contributed by atoms with Crippen LogP contribution >= 0.6 is 11.3 Å². The number of piperidine rings is 1. The Balaban J connectivity index is 1.98. The molecular formula is C11H19N3S. The largest absolute Gasteiger partial charge is 0.327 e. The Bertz CT molecular complexity index is 299. The van der Waals surface area contributed by atoms with Crippen LogP contribution in [0.15, 0.2) is 11.6 Å². The van der Waals surface area contributed by atoms with Gasteiger partial charge < -0.3 is 5.73 Å². The molecule has 0 aromatic carbocycles. The monoisotopic (exact) mass is 225 g/mol. The summed E-state index contributed by atoms with van der Waals surface area (Å²) in [6, 6.07) is 0.935. The number of nitrogens with two attached hydrogens (primary N) is 1. The molecule has 3 atom stereocenters. The number of hydrogen-bond acceptors (Lipinski definition) is 4. The van der Waals surface area contributed by atoms with Gasteiger partial charge in [0.2, 0.25) is 0 Å². The average Bonchev–Trinajstić information content (AvgIpc) is 2.72. The quantitative estimate of drug-likeness (QED) is 0.833. The lowest BCUT2D eigenvalue weighted by Crippen LogP contribution is -2.51. The molecule has 0 radical (unpaired) electrons. The second-order valence-electron chi connectivity index (χ2n) is 4.45. The van der Waals surface area contributed by atoms with Crippen molar-refractivity contribution in [2.75, 3.05) is 6.54 Å². The molecule has 0 aliphatic carbocycles. The van der Waals surface area contributed by atoms with E-state index in [1.54, 1.807) is 11.3 Å². The van der Waals surface area contributed by atoms with Gasteiger partial charge in [0.05, 0.1) is 6.54 Å². The molecule has 2 heterocycles. The van der Waals surface area contributed by atoms with E-state index in [4.69, 9.17) is 5.73 Å². The standard InChI is InChI=1S/C11H19N3S/c1-8-9(2)14(5-3-10(8)12)7-11-13-4-6-15-11/h4,6,8-10H,3,5,7,12H2,1-2H3. The molecule has 1 aliphatic rings. The maximum atomic E-state index is 6.06. The Morgan fingerprint density at radius 2 is 2.40 bits per heavy atom.